The second-order valence-electron chi connectivity index (χ2n) is 6.71. The first-order valence-electron chi connectivity index (χ1n) is 9.20. The van der Waals surface area contributed by atoms with E-state index < -0.39 is 17.7 Å². The summed E-state index contributed by atoms with van der Waals surface area (Å²) in [6, 6.07) is 17.2. The van der Waals surface area contributed by atoms with E-state index in [0.717, 1.165) is 16.9 Å². The highest BCUT2D eigenvalue weighted by Gasteiger charge is 2.47. The fraction of sp³-hybridized carbons (Fsp3) is 0.130. The minimum Gasteiger partial charge on any atom is -0.507 e. The van der Waals surface area contributed by atoms with Crippen LogP contribution in [-0.4, -0.2) is 16.8 Å². The van der Waals surface area contributed by atoms with Gasteiger partial charge in [-0.2, -0.15) is 0 Å². The van der Waals surface area contributed by atoms with Gasteiger partial charge in [-0.1, -0.05) is 48.9 Å². The summed E-state index contributed by atoms with van der Waals surface area (Å²) >= 11 is 7.49. The van der Waals surface area contributed by atoms with Gasteiger partial charge in [-0.3, -0.25) is 14.5 Å². The Morgan fingerprint density at radius 1 is 1.10 bits per heavy atom. The smallest absolute Gasteiger partial charge is 0.300 e. The molecule has 1 aliphatic rings. The van der Waals surface area contributed by atoms with Crippen molar-refractivity contribution in [3.05, 3.63) is 92.6 Å². The Balaban J connectivity index is 1.90. The number of carbonyl (C=O) groups excluding carboxylic acids is 2. The summed E-state index contributed by atoms with van der Waals surface area (Å²) in [7, 11) is 0. The molecule has 0 spiro atoms. The van der Waals surface area contributed by atoms with Gasteiger partial charge in [-0.05, 0) is 47.7 Å². The Kier molecular flexibility index (Phi) is 5.26. The average molecular weight is 424 g/mol. The molecule has 29 heavy (non-hydrogen) atoms. The van der Waals surface area contributed by atoms with Gasteiger partial charge in [-0.25, -0.2) is 0 Å². The molecule has 1 amide bonds. The molecule has 3 aromatic rings. The van der Waals surface area contributed by atoms with Crippen LogP contribution < -0.4 is 4.90 Å². The number of thiophene rings is 1. The zero-order valence-electron chi connectivity index (χ0n) is 15.6. The Labute approximate surface area is 177 Å². The summed E-state index contributed by atoms with van der Waals surface area (Å²) in [4.78, 5) is 28.2. The first kappa shape index (κ1) is 19.4. The van der Waals surface area contributed by atoms with Gasteiger partial charge >= 0.3 is 0 Å². The lowest BCUT2D eigenvalue weighted by Crippen LogP contribution is -2.29. The highest BCUT2D eigenvalue weighted by molar-refractivity contribution is 7.10. The summed E-state index contributed by atoms with van der Waals surface area (Å²) in [5.74, 6) is -1.59. The van der Waals surface area contributed by atoms with E-state index in [4.69, 9.17) is 11.6 Å². The Bertz CT molecular complexity index is 1100. The number of amides is 1. The van der Waals surface area contributed by atoms with E-state index in [1.807, 2.05) is 41.8 Å². The highest BCUT2D eigenvalue weighted by Crippen LogP contribution is 2.43. The Hall–Kier alpha value is -2.89. The summed E-state index contributed by atoms with van der Waals surface area (Å²) in [6.45, 7) is 2.05. The number of halogens is 1. The number of Topliss-reactive ketones (excluding diaryl/α,β-unsaturated/α-hetero) is 1. The van der Waals surface area contributed by atoms with Gasteiger partial charge in [0.15, 0.2) is 0 Å². The van der Waals surface area contributed by atoms with E-state index in [1.54, 1.807) is 24.3 Å². The molecule has 4 nitrogen and oxygen atoms in total. The van der Waals surface area contributed by atoms with Crippen molar-refractivity contribution in [3.8, 4) is 0 Å². The molecule has 2 heterocycles. The van der Waals surface area contributed by atoms with Crippen molar-refractivity contribution >= 4 is 46.1 Å². The number of rotatable bonds is 4. The van der Waals surface area contributed by atoms with Crippen molar-refractivity contribution in [2.24, 2.45) is 0 Å². The number of anilines is 1. The third-order valence-corrected chi connectivity index (χ3v) is 6.14. The fourth-order valence-electron chi connectivity index (χ4n) is 3.50. The number of aliphatic hydroxyl groups excluding tert-OH is 1. The van der Waals surface area contributed by atoms with Crippen LogP contribution in [0, 0.1) is 0 Å². The molecule has 0 bridgehead atoms. The molecule has 1 N–H and O–H groups in total. The van der Waals surface area contributed by atoms with E-state index in [2.05, 4.69) is 6.92 Å². The predicted octanol–water partition coefficient (Wildman–Crippen LogP) is 5.59. The normalized spacial score (nSPS) is 18.4. The van der Waals surface area contributed by atoms with Crippen molar-refractivity contribution in [2.75, 3.05) is 4.90 Å². The minimum atomic E-state index is -0.708. The molecule has 6 heteroatoms. The van der Waals surface area contributed by atoms with E-state index in [9.17, 15) is 14.7 Å². The number of nitrogens with zero attached hydrogens (tertiary/aromatic N) is 1. The van der Waals surface area contributed by atoms with Crippen LogP contribution in [0.5, 0.6) is 0 Å². The summed E-state index contributed by atoms with van der Waals surface area (Å²) in [5.41, 5.74) is 2.22. The van der Waals surface area contributed by atoms with Crippen LogP contribution in [-0.2, 0) is 16.0 Å². The minimum absolute atomic E-state index is 0.0688. The molecule has 1 fully saturated rings. The third kappa shape index (κ3) is 3.48. The van der Waals surface area contributed by atoms with Crippen LogP contribution in [0.25, 0.3) is 5.76 Å². The van der Waals surface area contributed by atoms with Crippen molar-refractivity contribution < 1.29 is 14.7 Å². The molecule has 0 aliphatic carbocycles. The first-order valence-corrected chi connectivity index (χ1v) is 10.5. The number of ketones is 1. The van der Waals surface area contributed by atoms with Crippen LogP contribution in [0.15, 0.2) is 71.6 Å². The topological polar surface area (TPSA) is 57.6 Å². The molecule has 2 aromatic carbocycles. The standard InChI is InChI=1S/C23H18ClNO3S/c1-2-14-8-10-17(11-9-14)25-20(18-7-4-12-29-18)19(22(27)23(25)28)21(26)15-5-3-6-16(24)13-15/h3-13,20,26H,2H2,1H3/b21-19-. The van der Waals surface area contributed by atoms with E-state index in [1.165, 1.54) is 16.2 Å². The number of aliphatic hydroxyl groups is 1. The lowest BCUT2D eigenvalue weighted by atomic mass is 9.99. The lowest BCUT2D eigenvalue weighted by Gasteiger charge is -2.24. The second kappa shape index (κ2) is 7.85. The molecule has 1 saturated heterocycles. The molecule has 4 rings (SSSR count). The number of aryl methyl sites for hydroxylation is 1. The fourth-order valence-corrected chi connectivity index (χ4v) is 4.51. The monoisotopic (exact) mass is 423 g/mol. The molecular formula is C23H18ClNO3S. The molecule has 1 unspecified atom stereocenters. The summed E-state index contributed by atoms with van der Waals surface area (Å²) in [6.07, 6.45) is 0.877. The van der Waals surface area contributed by atoms with Crippen molar-refractivity contribution in [1.29, 1.82) is 0 Å². The van der Waals surface area contributed by atoms with E-state index in [0.29, 0.717) is 16.3 Å². The van der Waals surface area contributed by atoms with Gasteiger partial charge in [0.05, 0.1) is 5.57 Å². The van der Waals surface area contributed by atoms with Crippen LogP contribution in [0.1, 0.15) is 29.0 Å². The van der Waals surface area contributed by atoms with Crippen LogP contribution in [0.2, 0.25) is 5.02 Å². The van der Waals surface area contributed by atoms with Crippen molar-refractivity contribution in [2.45, 2.75) is 19.4 Å². The van der Waals surface area contributed by atoms with E-state index >= 15 is 0 Å². The van der Waals surface area contributed by atoms with Gasteiger partial charge < -0.3 is 5.11 Å². The zero-order valence-corrected chi connectivity index (χ0v) is 17.2. The molecule has 1 aliphatic heterocycles. The molecule has 0 radical (unpaired) electrons. The maximum atomic E-state index is 13.0. The molecule has 1 aromatic heterocycles. The largest absolute Gasteiger partial charge is 0.507 e. The highest BCUT2D eigenvalue weighted by atomic mass is 35.5. The van der Waals surface area contributed by atoms with E-state index in [-0.39, 0.29) is 11.3 Å². The number of hydrogen-bond acceptors (Lipinski definition) is 4. The SMILES string of the molecule is CCc1ccc(N2C(=O)C(=O)/C(=C(\O)c3cccc(Cl)c3)C2c2cccs2)cc1. The van der Waals surface area contributed by atoms with Crippen molar-refractivity contribution in [3.63, 3.8) is 0 Å². The number of carbonyl (C=O) groups is 2. The Morgan fingerprint density at radius 2 is 1.86 bits per heavy atom. The average Bonchev–Trinajstić information content (AvgIpc) is 3.35. The van der Waals surface area contributed by atoms with Gasteiger partial charge in [0.25, 0.3) is 11.7 Å². The van der Waals surface area contributed by atoms with Gasteiger partial charge in [-0.15, -0.1) is 11.3 Å². The Morgan fingerprint density at radius 3 is 2.48 bits per heavy atom. The zero-order chi connectivity index (χ0) is 20.5. The second-order valence-corrected chi connectivity index (χ2v) is 8.13. The number of benzene rings is 2. The molecular weight excluding hydrogens is 406 g/mol. The maximum Gasteiger partial charge on any atom is 0.300 e. The number of hydrogen-bond donors (Lipinski definition) is 1. The molecule has 1 atom stereocenters. The summed E-state index contributed by atoms with van der Waals surface area (Å²) in [5, 5.41) is 13.3. The van der Waals surface area contributed by atoms with Crippen LogP contribution in [0.4, 0.5) is 5.69 Å². The van der Waals surface area contributed by atoms with Gasteiger partial charge in [0.1, 0.15) is 11.8 Å². The molecule has 0 saturated carbocycles. The lowest BCUT2D eigenvalue weighted by molar-refractivity contribution is -0.132. The van der Waals surface area contributed by atoms with Crippen LogP contribution >= 0.6 is 22.9 Å². The van der Waals surface area contributed by atoms with Crippen molar-refractivity contribution in [1.82, 2.24) is 0 Å². The maximum absolute atomic E-state index is 13.0. The third-order valence-electron chi connectivity index (χ3n) is 4.98. The molecule has 146 valence electrons. The summed E-state index contributed by atoms with van der Waals surface area (Å²) < 4.78 is 0. The first-order chi connectivity index (χ1) is 14.0. The predicted molar refractivity (Wildman–Crippen MR) is 116 cm³/mol. The van der Waals surface area contributed by atoms with Gasteiger partial charge in [0, 0.05) is 21.2 Å². The quantitative estimate of drug-likeness (QED) is 0.338. The van der Waals surface area contributed by atoms with Crippen LogP contribution in [0.3, 0.4) is 0 Å². The van der Waals surface area contributed by atoms with Gasteiger partial charge in [0.2, 0.25) is 0 Å².